The number of fused-ring (bicyclic) bond motifs is 1. The molecular weight excluding hydrogens is 368 g/mol. The molecule has 1 unspecified atom stereocenters. The third-order valence-electron chi connectivity index (χ3n) is 4.77. The van der Waals surface area contributed by atoms with E-state index in [1.807, 2.05) is 23.4 Å². The highest BCUT2D eigenvalue weighted by molar-refractivity contribution is 6.32. The summed E-state index contributed by atoms with van der Waals surface area (Å²) in [5, 5.41) is 16.3. The Bertz CT molecular complexity index is 1030. The molecular formula is C18H19ClN6O2. The molecule has 1 aliphatic rings. The van der Waals surface area contributed by atoms with Gasteiger partial charge >= 0.3 is 0 Å². The predicted octanol–water partition coefficient (Wildman–Crippen LogP) is 1.68. The van der Waals surface area contributed by atoms with Gasteiger partial charge in [0.25, 0.3) is 5.56 Å². The molecule has 8 nitrogen and oxygen atoms in total. The number of hydrogen-bond acceptors (Lipinski definition) is 6. The van der Waals surface area contributed by atoms with Crippen molar-refractivity contribution in [3.05, 3.63) is 68.9 Å². The molecule has 0 saturated carbocycles. The molecule has 0 aromatic carbocycles. The van der Waals surface area contributed by atoms with Gasteiger partial charge < -0.3 is 14.6 Å². The van der Waals surface area contributed by atoms with Crippen molar-refractivity contribution in [3.63, 3.8) is 0 Å². The molecule has 0 bridgehead atoms. The Morgan fingerprint density at radius 3 is 3.07 bits per heavy atom. The molecule has 0 saturated heterocycles. The highest BCUT2D eigenvalue weighted by Crippen LogP contribution is 2.27. The average Bonchev–Trinajstić information content (AvgIpc) is 3.06. The van der Waals surface area contributed by atoms with Crippen molar-refractivity contribution in [2.24, 2.45) is 0 Å². The molecule has 0 aliphatic carbocycles. The van der Waals surface area contributed by atoms with Gasteiger partial charge in [-0.3, -0.25) is 9.78 Å². The Labute approximate surface area is 160 Å². The number of nitrogens with zero attached hydrogens (tertiary/aromatic N) is 5. The number of aliphatic hydroxyl groups is 1. The van der Waals surface area contributed by atoms with Gasteiger partial charge in [-0.25, -0.2) is 10.1 Å². The second-order valence-electron chi connectivity index (χ2n) is 6.56. The van der Waals surface area contributed by atoms with Gasteiger partial charge in [-0.1, -0.05) is 17.7 Å². The standard InChI is InChI=1S/C18H19ClN6O2/c1-11(26)17-12(3-2-5-20-17)8-25-10-21-13-9-24(6-4-14(13)25)15-7-22-23-18(27)16(15)19/h2-3,5,7,10-11,26H,4,6,8-9H2,1H3,(H,23,27). The van der Waals surface area contributed by atoms with Crippen molar-refractivity contribution in [2.45, 2.75) is 32.5 Å². The van der Waals surface area contributed by atoms with Gasteiger partial charge in [-0.15, -0.1) is 0 Å². The van der Waals surface area contributed by atoms with Crippen molar-refractivity contribution >= 4 is 17.3 Å². The molecule has 1 atom stereocenters. The Morgan fingerprint density at radius 1 is 1.41 bits per heavy atom. The van der Waals surface area contributed by atoms with Gasteiger partial charge in [0.15, 0.2) is 0 Å². The molecule has 1 aliphatic heterocycles. The van der Waals surface area contributed by atoms with Crippen LogP contribution in [0, 0.1) is 0 Å². The molecule has 0 fully saturated rings. The third-order valence-corrected chi connectivity index (χ3v) is 5.14. The van der Waals surface area contributed by atoms with Crippen LogP contribution in [0.3, 0.4) is 0 Å². The van der Waals surface area contributed by atoms with Crippen LogP contribution < -0.4 is 10.5 Å². The molecule has 4 heterocycles. The van der Waals surface area contributed by atoms with Crippen LogP contribution in [-0.4, -0.2) is 36.4 Å². The second kappa shape index (κ2) is 7.13. The van der Waals surface area contributed by atoms with E-state index >= 15 is 0 Å². The van der Waals surface area contributed by atoms with Crippen molar-refractivity contribution in [1.29, 1.82) is 0 Å². The van der Waals surface area contributed by atoms with E-state index < -0.39 is 11.7 Å². The summed E-state index contributed by atoms with van der Waals surface area (Å²) in [4.78, 5) is 22.5. The van der Waals surface area contributed by atoms with Crippen molar-refractivity contribution in [2.75, 3.05) is 11.4 Å². The first kappa shape index (κ1) is 17.7. The van der Waals surface area contributed by atoms with E-state index in [9.17, 15) is 9.90 Å². The molecule has 2 N–H and O–H groups in total. The number of nitrogens with one attached hydrogen (secondary N) is 1. The fraction of sp³-hybridized carbons (Fsp3) is 0.333. The molecule has 3 aromatic heterocycles. The number of H-pyrrole nitrogens is 1. The maximum absolute atomic E-state index is 11.7. The van der Waals surface area contributed by atoms with E-state index in [4.69, 9.17) is 11.6 Å². The lowest BCUT2D eigenvalue weighted by atomic mass is 10.1. The van der Waals surface area contributed by atoms with Crippen LogP contribution in [0.2, 0.25) is 5.02 Å². The van der Waals surface area contributed by atoms with Gasteiger partial charge in [-0.05, 0) is 18.6 Å². The van der Waals surface area contributed by atoms with E-state index in [1.54, 1.807) is 19.3 Å². The Morgan fingerprint density at radius 2 is 2.26 bits per heavy atom. The Kier molecular flexibility index (Phi) is 4.67. The van der Waals surface area contributed by atoms with Crippen LogP contribution in [0.1, 0.15) is 35.7 Å². The number of aromatic amines is 1. The smallest absolute Gasteiger partial charge is 0.285 e. The zero-order valence-corrected chi connectivity index (χ0v) is 15.5. The quantitative estimate of drug-likeness (QED) is 0.707. The fourth-order valence-electron chi connectivity index (χ4n) is 3.45. The SMILES string of the molecule is CC(O)c1ncccc1Cn1cnc2c1CCN(c1cn[nH]c(=O)c1Cl)C2. The number of aromatic nitrogens is 5. The normalized spacial score (nSPS) is 14.9. The lowest BCUT2D eigenvalue weighted by molar-refractivity contribution is 0.193. The summed E-state index contributed by atoms with van der Waals surface area (Å²) in [6, 6.07) is 3.84. The van der Waals surface area contributed by atoms with Crippen molar-refractivity contribution in [3.8, 4) is 0 Å². The van der Waals surface area contributed by atoms with Gasteiger partial charge in [0, 0.05) is 24.9 Å². The van der Waals surface area contributed by atoms with Crippen LogP contribution in [-0.2, 0) is 19.5 Å². The van der Waals surface area contributed by atoms with E-state index in [2.05, 4.69) is 24.7 Å². The maximum Gasteiger partial charge on any atom is 0.285 e. The molecule has 9 heteroatoms. The van der Waals surface area contributed by atoms with E-state index in [0.29, 0.717) is 31.0 Å². The molecule has 0 amide bonds. The monoisotopic (exact) mass is 386 g/mol. The summed E-state index contributed by atoms with van der Waals surface area (Å²) in [7, 11) is 0. The third kappa shape index (κ3) is 3.33. The number of aliphatic hydroxyl groups excluding tert-OH is 1. The van der Waals surface area contributed by atoms with Crippen LogP contribution in [0.5, 0.6) is 0 Å². The van der Waals surface area contributed by atoms with Crippen LogP contribution in [0.4, 0.5) is 5.69 Å². The van der Waals surface area contributed by atoms with E-state index in [1.165, 1.54) is 0 Å². The minimum Gasteiger partial charge on any atom is -0.387 e. The molecule has 140 valence electrons. The molecule has 0 radical (unpaired) electrons. The minimum atomic E-state index is -0.623. The number of imidazole rings is 1. The Balaban J connectivity index is 1.59. The highest BCUT2D eigenvalue weighted by Gasteiger charge is 2.24. The minimum absolute atomic E-state index is 0.143. The van der Waals surface area contributed by atoms with Crippen molar-refractivity contribution in [1.82, 2.24) is 24.7 Å². The highest BCUT2D eigenvalue weighted by atomic mass is 35.5. The predicted molar refractivity (Wildman–Crippen MR) is 101 cm³/mol. The molecule has 4 rings (SSSR count). The van der Waals surface area contributed by atoms with Gasteiger partial charge in [0.2, 0.25) is 0 Å². The van der Waals surface area contributed by atoms with Gasteiger partial charge in [0.05, 0.1) is 48.8 Å². The summed E-state index contributed by atoms with van der Waals surface area (Å²) >= 11 is 6.13. The van der Waals surface area contributed by atoms with Crippen LogP contribution in [0.25, 0.3) is 0 Å². The Hall–Kier alpha value is -2.71. The summed E-state index contributed by atoms with van der Waals surface area (Å²) in [6.07, 6.45) is 5.21. The topological polar surface area (TPSA) is 99.9 Å². The summed E-state index contributed by atoms with van der Waals surface area (Å²) in [5.41, 5.74) is 3.95. The van der Waals surface area contributed by atoms with Crippen LogP contribution in [0.15, 0.2) is 35.6 Å². The van der Waals surface area contributed by atoms with E-state index in [0.717, 1.165) is 23.4 Å². The molecule has 0 spiro atoms. The summed E-state index contributed by atoms with van der Waals surface area (Å²) in [5.74, 6) is 0. The average molecular weight is 387 g/mol. The van der Waals surface area contributed by atoms with E-state index in [-0.39, 0.29) is 5.02 Å². The summed E-state index contributed by atoms with van der Waals surface area (Å²) in [6.45, 7) is 3.58. The first-order valence-electron chi connectivity index (χ1n) is 8.67. The number of rotatable bonds is 4. The second-order valence-corrected chi connectivity index (χ2v) is 6.94. The first-order valence-corrected chi connectivity index (χ1v) is 9.05. The van der Waals surface area contributed by atoms with Gasteiger partial charge in [0.1, 0.15) is 5.02 Å². The summed E-state index contributed by atoms with van der Waals surface area (Å²) < 4.78 is 2.09. The number of pyridine rings is 1. The van der Waals surface area contributed by atoms with Crippen molar-refractivity contribution < 1.29 is 5.11 Å². The maximum atomic E-state index is 11.7. The van der Waals surface area contributed by atoms with Gasteiger partial charge in [-0.2, -0.15) is 5.10 Å². The first-order chi connectivity index (χ1) is 13.0. The number of hydrogen-bond donors (Lipinski definition) is 2. The largest absolute Gasteiger partial charge is 0.387 e. The number of anilines is 1. The van der Waals surface area contributed by atoms with Crippen LogP contribution >= 0.6 is 11.6 Å². The fourth-order valence-corrected chi connectivity index (χ4v) is 3.66. The molecule has 27 heavy (non-hydrogen) atoms. The zero-order valence-electron chi connectivity index (χ0n) is 14.8. The lowest BCUT2D eigenvalue weighted by Crippen LogP contribution is -2.32. The lowest BCUT2D eigenvalue weighted by Gasteiger charge is -2.29. The number of halogens is 1. The molecule has 3 aromatic rings. The zero-order chi connectivity index (χ0) is 19.0.